The zero-order chi connectivity index (χ0) is 21.0. The minimum Gasteiger partial charge on any atom is -0.302 e. The zero-order valence-corrected chi connectivity index (χ0v) is 16.5. The highest BCUT2D eigenvalue weighted by Crippen LogP contribution is 2.27. The highest BCUT2D eigenvalue weighted by atomic mass is 32.2. The second-order valence-corrected chi connectivity index (χ2v) is 9.05. The molecule has 0 saturated heterocycles. The van der Waals surface area contributed by atoms with Crippen molar-refractivity contribution in [3.05, 3.63) is 65.3 Å². The molecule has 0 atom stereocenters. The average molecular weight is 440 g/mol. The third-order valence-corrected chi connectivity index (χ3v) is 6.52. The van der Waals surface area contributed by atoms with Gasteiger partial charge in [0.05, 0.1) is 16.3 Å². The van der Waals surface area contributed by atoms with Gasteiger partial charge in [-0.25, -0.2) is 26.6 Å². The van der Waals surface area contributed by atoms with Crippen molar-refractivity contribution in [2.75, 3.05) is 11.1 Å². The Morgan fingerprint density at radius 2 is 1.72 bits per heavy atom. The molecule has 0 unspecified atom stereocenters. The Labute approximate surface area is 169 Å². The van der Waals surface area contributed by atoms with Crippen molar-refractivity contribution >= 4 is 32.2 Å². The van der Waals surface area contributed by atoms with Crippen LogP contribution >= 0.6 is 11.3 Å². The van der Waals surface area contributed by atoms with E-state index in [4.69, 9.17) is 0 Å². The monoisotopic (exact) mass is 440 g/mol. The maximum Gasteiger partial charge on any atom is 0.226 e. The van der Waals surface area contributed by atoms with Gasteiger partial charge in [0.1, 0.15) is 17.5 Å². The normalized spacial score (nSPS) is 11.4. The Hall–Kier alpha value is -2.72. The van der Waals surface area contributed by atoms with Gasteiger partial charge >= 0.3 is 0 Å². The molecule has 0 saturated carbocycles. The number of hydrogen-bond donors (Lipinski definition) is 1. The molecule has 0 spiro atoms. The van der Waals surface area contributed by atoms with Crippen LogP contribution in [0.2, 0.25) is 0 Å². The summed E-state index contributed by atoms with van der Waals surface area (Å²) in [4.78, 5) is 16.1. The van der Waals surface area contributed by atoms with Crippen molar-refractivity contribution in [1.29, 1.82) is 0 Å². The minimum atomic E-state index is -3.62. The van der Waals surface area contributed by atoms with Gasteiger partial charge in [-0.05, 0) is 42.8 Å². The SMILES string of the molecule is O=C(CCCS(=O)(=O)c1ccc(F)cc1)Nc1nc(-c2ccc(F)cc2F)cs1. The van der Waals surface area contributed by atoms with Crippen molar-refractivity contribution in [3.63, 3.8) is 0 Å². The maximum absolute atomic E-state index is 13.8. The fraction of sp³-hybridized carbons (Fsp3) is 0.158. The molecular weight excluding hydrogens is 425 g/mol. The number of hydrogen-bond acceptors (Lipinski definition) is 5. The van der Waals surface area contributed by atoms with E-state index in [9.17, 15) is 26.4 Å². The van der Waals surface area contributed by atoms with Gasteiger partial charge in [0, 0.05) is 23.4 Å². The van der Waals surface area contributed by atoms with Crippen LogP contribution in [0.15, 0.2) is 52.7 Å². The van der Waals surface area contributed by atoms with Crippen molar-refractivity contribution in [2.24, 2.45) is 0 Å². The van der Waals surface area contributed by atoms with Crippen molar-refractivity contribution < 1.29 is 26.4 Å². The van der Waals surface area contributed by atoms with Gasteiger partial charge in [-0.1, -0.05) is 0 Å². The Bertz CT molecular complexity index is 1130. The second-order valence-electron chi connectivity index (χ2n) is 6.09. The van der Waals surface area contributed by atoms with Gasteiger partial charge in [0.25, 0.3) is 0 Å². The largest absolute Gasteiger partial charge is 0.302 e. The Balaban J connectivity index is 1.55. The number of sulfone groups is 1. The smallest absolute Gasteiger partial charge is 0.226 e. The molecule has 0 radical (unpaired) electrons. The number of nitrogens with one attached hydrogen (secondary N) is 1. The second kappa shape index (κ2) is 8.75. The van der Waals surface area contributed by atoms with E-state index in [0.29, 0.717) is 0 Å². The molecule has 0 aliphatic heterocycles. The molecule has 1 amide bonds. The predicted octanol–water partition coefficient (Wildman–Crippen LogP) is 4.42. The molecule has 1 heterocycles. The summed E-state index contributed by atoms with van der Waals surface area (Å²) in [6.07, 6.45) is -0.00336. The fourth-order valence-corrected chi connectivity index (χ4v) is 4.55. The fourth-order valence-electron chi connectivity index (χ4n) is 2.52. The van der Waals surface area contributed by atoms with E-state index < -0.39 is 33.2 Å². The average Bonchev–Trinajstić information content (AvgIpc) is 3.10. The first-order chi connectivity index (χ1) is 13.7. The Morgan fingerprint density at radius 3 is 2.41 bits per heavy atom. The lowest BCUT2D eigenvalue weighted by atomic mass is 10.1. The number of benzene rings is 2. The van der Waals surface area contributed by atoms with Crippen LogP contribution in [0, 0.1) is 17.5 Å². The number of thiazole rings is 1. The van der Waals surface area contributed by atoms with Crippen molar-refractivity contribution in [3.8, 4) is 11.3 Å². The first-order valence-corrected chi connectivity index (χ1v) is 11.0. The molecule has 1 N–H and O–H groups in total. The summed E-state index contributed by atoms with van der Waals surface area (Å²) in [5.74, 6) is -2.72. The van der Waals surface area contributed by atoms with Crippen LogP contribution in [0.3, 0.4) is 0 Å². The van der Waals surface area contributed by atoms with E-state index in [2.05, 4.69) is 10.3 Å². The predicted molar refractivity (Wildman–Crippen MR) is 104 cm³/mol. The van der Waals surface area contributed by atoms with Crippen LogP contribution < -0.4 is 5.32 Å². The van der Waals surface area contributed by atoms with E-state index in [1.54, 1.807) is 0 Å². The Morgan fingerprint density at radius 1 is 1.03 bits per heavy atom. The molecule has 3 rings (SSSR count). The third-order valence-electron chi connectivity index (χ3n) is 3.95. The molecule has 152 valence electrons. The molecule has 0 aliphatic rings. The first kappa shape index (κ1) is 21.0. The number of nitrogens with zero attached hydrogens (tertiary/aromatic N) is 1. The molecule has 2 aromatic carbocycles. The number of rotatable bonds is 7. The van der Waals surface area contributed by atoms with E-state index in [1.807, 2.05) is 0 Å². The van der Waals surface area contributed by atoms with Gasteiger partial charge in [-0.2, -0.15) is 0 Å². The van der Waals surface area contributed by atoms with Gasteiger partial charge in [0.15, 0.2) is 15.0 Å². The molecule has 0 aliphatic carbocycles. The number of aromatic nitrogens is 1. The van der Waals surface area contributed by atoms with Crippen LogP contribution in [0.25, 0.3) is 11.3 Å². The molecule has 29 heavy (non-hydrogen) atoms. The third kappa shape index (κ3) is 5.42. The number of halogens is 3. The highest BCUT2D eigenvalue weighted by molar-refractivity contribution is 7.91. The van der Waals surface area contributed by atoms with Crippen LogP contribution in [-0.2, 0) is 14.6 Å². The number of carbonyl (C=O) groups excluding carboxylic acids is 1. The number of anilines is 1. The lowest BCUT2D eigenvalue weighted by molar-refractivity contribution is -0.116. The topological polar surface area (TPSA) is 76.1 Å². The van der Waals surface area contributed by atoms with Crippen molar-refractivity contribution in [1.82, 2.24) is 4.98 Å². The summed E-state index contributed by atoms with van der Waals surface area (Å²) in [5.41, 5.74) is 0.357. The standard InChI is InChI=1S/C19H15F3N2O3S2/c20-12-3-6-14(7-4-12)29(26,27)9-1-2-18(25)24-19-23-17(11-28-19)15-8-5-13(21)10-16(15)22/h3-8,10-11H,1-2,9H2,(H,23,24,25). The molecular formula is C19H15F3N2O3S2. The molecule has 0 bridgehead atoms. The molecule has 0 fully saturated rings. The first-order valence-electron chi connectivity index (χ1n) is 8.44. The molecule has 5 nitrogen and oxygen atoms in total. The minimum absolute atomic E-state index is 0.00908. The zero-order valence-electron chi connectivity index (χ0n) is 14.9. The highest BCUT2D eigenvalue weighted by Gasteiger charge is 2.16. The summed E-state index contributed by atoms with van der Waals surface area (Å²) >= 11 is 1.07. The molecule has 3 aromatic rings. The van der Waals surface area contributed by atoms with Gasteiger partial charge < -0.3 is 5.32 Å². The summed E-state index contributed by atoms with van der Waals surface area (Å²) in [7, 11) is -3.62. The quantitative estimate of drug-likeness (QED) is 0.552. The van der Waals surface area contributed by atoms with Gasteiger partial charge in [0.2, 0.25) is 5.91 Å². The summed E-state index contributed by atoms with van der Waals surface area (Å²) in [6.45, 7) is 0. The van der Waals surface area contributed by atoms with Crippen LogP contribution in [-0.4, -0.2) is 25.1 Å². The van der Waals surface area contributed by atoms with Crippen LogP contribution in [0.1, 0.15) is 12.8 Å². The number of amides is 1. The van der Waals surface area contributed by atoms with Crippen LogP contribution in [0.5, 0.6) is 0 Å². The summed E-state index contributed by atoms with van der Waals surface area (Å²) < 4.78 is 64.0. The molecule has 1 aromatic heterocycles. The van der Waals surface area contributed by atoms with Crippen LogP contribution in [0.4, 0.5) is 18.3 Å². The lowest BCUT2D eigenvalue weighted by Crippen LogP contribution is -2.14. The summed E-state index contributed by atoms with van der Waals surface area (Å²) in [5, 5.41) is 4.26. The lowest BCUT2D eigenvalue weighted by Gasteiger charge is -2.05. The van der Waals surface area contributed by atoms with Gasteiger partial charge in [-0.15, -0.1) is 11.3 Å². The van der Waals surface area contributed by atoms with Gasteiger partial charge in [-0.3, -0.25) is 4.79 Å². The van der Waals surface area contributed by atoms with Crippen molar-refractivity contribution in [2.45, 2.75) is 17.7 Å². The number of carbonyl (C=O) groups is 1. The summed E-state index contributed by atoms with van der Waals surface area (Å²) in [6, 6.07) is 7.58. The van der Waals surface area contributed by atoms with E-state index in [0.717, 1.165) is 35.6 Å². The van der Waals surface area contributed by atoms with E-state index in [-0.39, 0.29) is 39.9 Å². The Kier molecular flexibility index (Phi) is 6.33. The van der Waals surface area contributed by atoms with E-state index in [1.165, 1.54) is 23.6 Å². The maximum atomic E-state index is 13.8. The van der Waals surface area contributed by atoms with E-state index >= 15 is 0 Å². The molecule has 10 heteroatoms.